The highest BCUT2D eigenvalue weighted by Crippen LogP contribution is 2.31. The van der Waals surface area contributed by atoms with Crippen molar-refractivity contribution in [3.05, 3.63) is 0 Å². The monoisotopic (exact) mass is 240 g/mol. The second-order valence-electron chi connectivity index (χ2n) is 5.81. The molecule has 0 aliphatic carbocycles. The molecule has 5 nitrogen and oxygen atoms in total. The third kappa shape index (κ3) is 2.16. The molecular formula is C12H20N2O3. The fourth-order valence-electron chi connectivity index (χ4n) is 2.59. The average Bonchev–Trinajstić information content (AvgIpc) is 2.69. The Morgan fingerprint density at radius 3 is 2.71 bits per heavy atom. The van der Waals surface area contributed by atoms with Gasteiger partial charge in [0.05, 0.1) is 12.0 Å². The fourth-order valence-corrected chi connectivity index (χ4v) is 2.59. The van der Waals surface area contributed by atoms with Crippen molar-refractivity contribution < 1.29 is 14.3 Å². The van der Waals surface area contributed by atoms with E-state index in [1.807, 2.05) is 6.92 Å². The number of carbonyl (C=O) groups is 2. The molecule has 2 amide bonds. The highest BCUT2D eigenvalue weighted by atomic mass is 16.6. The van der Waals surface area contributed by atoms with E-state index in [0.717, 1.165) is 13.0 Å². The molecule has 2 heterocycles. The van der Waals surface area contributed by atoms with E-state index in [1.54, 1.807) is 20.8 Å². The molecule has 0 aromatic rings. The summed E-state index contributed by atoms with van der Waals surface area (Å²) in [5.74, 6) is -0.267. The average molecular weight is 240 g/mol. The lowest BCUT2D eigenvalue weighted by Crippen LogP contribution is -2.43. The lowest BCUT2D eigenvalue weighted by atomic mass is 10.0. The number of imide groups is 1. The van der Waals surface area contributed by atoms with Gasteiger partial charge in [0, 0.05) is 6.04 Å². The van der Waals surface area contributed by atoms with E-state index in [-0.39, 0.29) is 23.9 Å². The Morgan fingerprint density at radius 1 is 1.47 bits per heavy atom. The molecule has 0 aromatic heterocycles. The van der Waals surface area contributed by atoms with Crippen LogP contribution < -0.4 is 5.32 Å². The predicted octanol–water partition coefficient (Wildman–Crippen LogP) is 1.13. The zero-order valence-electron chi connectivity index (χ0n) is 10.8. The van der Waals surface area contributed by atoms with E-state index in [9.17, 15) is 9.59 Å². The highest BCUT2D eigenvalue weighted by Gasteiger charge is 2.51. The number of amides is 2. The summed E-state index contributed by atoms with van der Waals surface area (Å²) in [6.45, 7) is 8.13. The molecule has 1 unspecified atom stereocenters. The lowest BCUT2D eigenvalue weighted by Gasteiger charge is -2.26. The van der Waals surface area contributed by atoms with E-state index < -0.39 is 11.7 Å². The van der Waals surface area contributed by atoms with Crippen LogP contribution in [0.25, 0.3) is 0 Å². The van der Waals surface area contributed by atoms with Gasteiger partial charge in [0.15, 0.2) is 0 Å². The van der Waals surface area contributed by atoms with Gasteiger partial charge < -0.3 is 10.1 Å². The van der Waals surface area contributed by atoms with Gasteiger partial charge in [0.2, 0.25) is 5.91 Å². The van der Waals surface area contributed by atoms with Gasteiger partial charge in [0.25, 0.3) is 0 Å². The molecule has 0 spiro atoms. The van der Waals surface area contributed by atoms with Crippen LogP contribution in [0.2, 0.25) is 0 Å². The Labute approximate surface area is 101 Å². The molecule has 2 rings (SSSR count). The van der Waals surface area contributed by atoms with Crippen molar-refractivity contribution in [2.24, 2.45) is 5.92 Å². The third-order valence-electron chi connectivity index (χ3n) is 3.32. The van der Waals surface area contributed by atoms with Crippen molar-refractivity contribution in [2.75, 3.05) is 6.54 Å². The van der Waals surface area contributed by atoms with E-state index in [4.69, 9.17) is 4.74 Å². The zero-order valence-corrected chi connectivity index (χ0v) is 10.8. The van der Waals surface area contributed by atoms with Crippen LogP contribution in [0.3, 0.4) is 0 Å². The number of ether oxygens (including phenoxy) is 1. The molecule has 0 aromatic carbocycles. The number of carbonyl (C=O) groups excluding carboxylic acids is 2. The van der Waals surface area contributed by atoms with Gasteiger partial charge >= 0.3 is 6.09 Å². The number of hydrogen-bond acceptors (Lipinski definition) is 4. The predicted molar refractivity (Wildman–Crippen MR) is 62.4 cm³/mol. The summed E-state index contributed by atoms with van der Waals surface area (Å²) in [5, 5.41) is 3.28. The molecule has 0 bridgehead atoms. The molecule has 17 heavy (non-hydrogen) atoms. The molecule has 5 heteroatoms. The van der Waals surface area contributed by atoms with Crippen molar-refractivity contribution in [1.82, 2.24) is 10.2 Å². The van der Waals surface area contributed by atoms with Gasteiger partial charge in [-0.05, 0) is 33.7 Å². The summed E-state index contributed by atoms with van der Waals surface area (Å²) in [4.78, 5) is 25.4. The van der Waals surface area contributed by atoms with E-state index in [0.29, 0.717) is 0 Å². The Bertz CT molecular complexity index is 348. The van der Waals surface area contributed by atoms with Crippen LogP contribution in [0.1, 0.15) is 34.1 Å². The quantitative estimate of drug-likeness (QED) is 0.689. The van der Waals surface area contributed by atoms with Gasteiger partial charge in [-0.3, -0.25) is 4.79 Å². The zero-order chi connectivity index (χ0) is 12.8. The summed E-state index contributed by atoms with van der Waals surface area (Å²) >= 11 is 0. The largest absolute Gasteiger partial charge is 0.443 e. The van der Waals surface area contributed by atoms with Crippen LogP contribution in [0.5, 0.6) is 0 Å². The molecule has 2 aliphatic heterocycles. The van der Waals surface area contributed by atoms with Crippen molar-refractivity contribution >= 4 is 12.0 Å². The minimum atomic E-state index is -0.565. The maximum Gasteiger partial charge on any atom is 0.417 e. The Kier molecular flexibility index (Phi) is 2.89. The maximum absolute atomic E-state index is 12.0. The first-order valence-electron chi connectivity index (χ1n) is 6.11. The summed E-state index contributed by atoms with van der Waals surface area (Å²) in [7, 11) is 0. The van der Waals surface area contributed by atoms with Crippen LogP contribution in [0.15, 0.2) is 0 Å². The van der Waals surface area contributed by atoms with Crippen LogP contribution in [-0.4, -0.2) is 41.1 Å². The first-order valence-corrected chi connectivity index (χ1v) is 6.11. The van der Waals surface area contributed by atoms with Gasteiger partial charge in [-0.1, -0.05) is 6.92 Å². The molecule has 2 aliphatic rings. The van der Waals surface area contributed by atoms with Crippen LogP contribution in [-0.2, 0) is 9.53 Å². The highest BCUT2D eigenvalue weighted by molar-refractivity contribution is 5.96. The molecular weight excluding hydrogens is 220 g/mol. The van der Waals surface area contributed by atoms with E-state index in [1.165, 1.54) is 4.90 Å². The summed E-state index contributed by atoms with van der Waals surface area (Å²) in [5.41, 5.74) is -0.565. The molecule has 2 fully saturated rings. The van der Waals surface area contributed by atoms with E-state index >= 15 is 0 Å². The van der Waals surface area contributed by atoms with Gasteiger partial charge in [-0.2, -0.15) is 0 Å². The minimum Gasteiger partial charge on any atom is -0.443 e. The van der Waals surface area contributed by atoms with Crippen molar-refractivity contribution in [2.45, 2.75) is 51.8 Å². The number of rotatable bonds is 0. The standard InChI is InChI=1S/C12H20N2O3/c1-7-9-8(5-6-13-9)14(10(7)15)11(16)17-12(2,3)4/h7-9,13H,5-6H2,1-4H3/t7?,8-,9+/m0/s1. The molecule has 96 valence electrons. The van der Waals surface area contributed by atoms with Gasteiger partial charge in [-0.15, -0.1) is 0 Å². The topological polar surface area (TPSA) is 58.6 Å². The van der Waals surface area contributed by atoms with Crippen LogP contribution in [0.4, 0.5) is 4.79 Å². The van der Waals surface area contributed by atoms with Gasteiger partial charge in [-0.25, -0.2) is 9.69 Å². The Hall–Kier alpha value is -1.10. The minimum absolute atomic E-state index is 0.0349. The number of hydrogen-bond donors (Lipinski definition) is 1. The third-order valence-corrected chi connectivity index (χ3v) is 3.32. The summed E-state index contributed by atoms with van der Waals surface area (Å²) in [6, 6.07) is 0.0577. The molecule has 0 saturated carbocycles. The second kappa shape index (κ2) is 3.98. The normalized spacial score (nSPS) is 32.8. The van der Waals surface area contributed by atoms with Crippen molar-refractivity contribution in [3.63, 3.8) is 0 Å². The van der Waals surface area contributed by atoms with Crippen molar-refractivity contribution in [3.8, 4) is 0 Å². The Morgan fingerprint density at radius 2 is 2.12 bits per heavy atom. The van der Waals surface area contributed by atoms with Gasteiger partial charge in [0.1, 0.15) is 5.60 Å². The molecule has 0 radical (unpaired) electrons. The Balaban J connectivity index is 2.15. The molecule has 1 N–H and O–H groups in total. The summed E-state index contributed by atoms with van der Waals surface area (Å²) in [6.07, 6.45) is 0.311. The fraction of sp³-hybridized carbons (Fsp3) is 0.833. The van der Waals surface area contributed by atoms with E-state index in [2.05, 4.69) is 5.32 Å². The number of fused-ring (bicyclic) bond motifs is 1. The molecule has 2 saturated heterocycles. The molecule has 3 atom stereocenters. The lowest BCUT2D eigenvalue weighted by molar-refractivity contribution is -0.130. The van der Waals surface area contributed by atoms with Crippen LogP contribution >= 0.6 is 0 Å². The second-order valence-corrected chi connectivity index (χ2v) is 5.81. The van der Waals surface area contributed by atoms with Crippen molar-refractivity contribution in [1.29, 1.82) is 0 Å². The summed E-state index contributed by atoms with van der Waals surface area (Å²) < 4.78 is 5.29. The first kappa shape index (κ1) is 12.4. The first-order chi connectivity index (χ1) is 7.81. The number of likely N-dealkylation sites (tertiary alicyclic amines) is 1. The SMILES string of the molecule is CC1C(=O)N(C(=O)OC(C)(C)C)[C@H]2CCN[C@H]12. The maximum atomic E-state index is 12.0. The number of nitrogens with one attached hydrogen (secondary N) is 1. The smallest absolute Gasteiger partial charge is 0.417 e. The number of nitrogens with zero attached hydrogens (tertiary/aromatic N) is 1. The van der Waals surface area contributed by atoms with Crippen LogP contribution in [0, 0.1) is 5.92 Å².